The molecule has 0 N–H and O–H groups in total. The Labute approximate surface area is 118 Å². The van der Waals surface area contributed by atoms with Gasteiger partial charge in [-0.3, -0.25) is 4.90 Å². The molecule has 1 aliphatic heterocycles. The maximum Gasteiger partial charge on any atom is 0.106 e. The molecule has 0 saturated carbocycles. The van der Waals surface area contributed by atoms with Crippen molar-refractivity contribution in [2.75, 3.05) is 13.1 Å². The Hall–Kier alpha value is -0.670. The molecule has 1 aromatic heterocycles. The van der Waals surface area contributed by atoms with E-state index >= 15 is 0 Å². The second kappa shape index (κ2) is 5.54. The summed E-state index contributed by atoms with van der Waals surface area (Å²) in [5, 5.41) is 0. The van der Waals surface area contributed by atoms with Crippen LogP contribution in [0.1, 0.15) is 39.2 Å². The minimum atomic E-state index is 0.296. The van der Waals surface area contributed by atoms with Crippen molar-refractivity contribution in [2.24, 2.45) is 0 Å². The van der Waals surface area contributed by atoms with Gasteiger partial charge in [-0.15, -0.1) is 0 Å². The Morgan fingerprint density at radius 2 is 1.89 bits per heavy atom. The van der Waals surface area contributed by atoms with E-state index in [1.54, 1.807) is 5.57 Å². The van der Waals surface area contributed by atoms with Gasteiger partial charge in [0, 0.05) is 24.8 Å². The number of hydrogen-bond donors (Lipinski definition) is 0. The molecule has 0 aromatic carbocycles. The molecule has 0 bridgehead atoms. The minimum absolute atomic E-state index is 0.296. The Bertz CT molecular complexity index is 419. The van der Waals surface area contributed by atoms with E-state index in [-0.39, 0.29) is 0 Å². The number of likely N-dealkylation sites (tertiary alicyclic amines) is 1. The van der Waals surface area contributed by atoms with Crippen molar-refractivity contribution >= 4 is 22.0 Å². The van der Waals surface area contributed by atoms with Crippen molar-refractivity contribution in [1.82, 2.24) is 9.88 Å². The summed E-state index contributed by atoms with van der Waals surface area (Å²) in [6, 6.07) is 4.11. The van der Waals surface area contributed by atoms with Gasteiger partial charge >= 0.3 is 0 Å². The van der Waals surface area contributed by atoms with Crippen LogP contribution in [0.4, 0.5) is 0 Å². The highest BCUT2D eigenvalue weighted by Crippen LogP contribution is 2.24. The Kier molecular flexibility index (Phi) is 4.23. The summed E-state index contributed by atoms with van der Waals surface area (Å²) in [7, 11) is 0. The van der Waals surface area contributed by atoms with Crippen LogP contribution in [0.3, 0.4) is 0 Å². The maximum atomic E-state index is 4.26. The fourth-order valence-electron chi connectivity index (χ4n) is 2.32. The predicted molar refractivity (Wildman–Crippen MR) is 80.5 cm³/mol. The van der Waals surface area contributed by atoms with Gasteiger partial charge in [-0.2, -0.15) is 0 Å². The molecule has 1 aromatic rings. The van der Waals surface area contributed by atoms with E-state index in [4.69, 9.17) is 0 Å². The van der Waals surface area contributed by atoms with Crippen molar-refractivity contribution in [3.63, 3.8) is 0 Å². The van der Waals surface area contributed by atoms with E-state index in [1.165, 1.54) is 31.5 Å². The number of piperidine rings is 1. The molecule has 2 rings (SSSR count). The van der Waals surface area contributed by atoms with Gasteiger partial charge < -0.3 is 0 Å². The van der Waals surface area contributed by atoms with Crippen LogP contribution in [-0.4, -0.2) is 28.5 Å². The Morgan fingerprint density at radius 3 is 2.39 bits per heavy atom. The monoisotopic (exact) mass is 308 g/mol. The maximum absolute atomic E-state index is 4.26. The van der Waals surface area contributed by atoms with Gasteiger partial charge in [-0.1, -0.05) is 17.7 Å². The number of hydrogen-bond acceptors (Lipinski definition) is 2. The first-order valence-corrected chi connectivity index (χ1v) is 7.30. The van der Waals surface area contributed by atoms with Crippen molar-refractivity contribution in [3.8, 4) is 0 Å². The molecule has 1 aliphatic rings. The summed E-state index contributed by atoms with van der Waals surface area (Å²) in [5.41, 5.74) is 3.04. The molecule has 2 nitrogen and oxygen atoms in total. The van der Waals surface area contributed by atoms with Crippen LogP contribution in [0, 0.1) is 0 Å². The van der Waals surface area contributed by atoms with Crippen LogP contribution >= 0.6 is 15.9 Å². The number of rotatable bonds is 1. The number of pyridine rings is 1. The summed E-state index contributed by atoms with van der Waals surface area (Å²) in [6.45, 7) is 9.21. The quantitative estimate of drug-likeness (QED) is 0.725. The molecule has 0 amide bonds. The molecule has 0 aliphatic carbocycles. The fourth-order valence-corrected chi connectivity index (χ4v) is 2.55. The fraction of sp³-hybridized carbons (Fsp3) is 0.533. The molecule has 0 spiro atoms. The summed E-state index contributed by atoms with van der Waals surface area (Å²) >= 11 is 3.36. The smallest absolute Gasteiger partial charge is 0.106 e. The zero-order valence-electron chi connectivity index (χ0n) is 11.4. The first-order valence-electron chi connectivity index (χ1n) is 6.51. The van der Waals surface area contributed by atoms with E-state index in [2.05, 4.69) is 58.7 Å². The van der Waals surface area contributed by atoms with Gasteiger partial charge in [0.25, 0.3) is 0 Å². The standard InChI is InChI=1S/C15H21BrN2/c1-15(2,3)18-8-6-12(7-9-18)10-13-4-5-14(16)17-11-13/h4-5,10-11H,6-9H2,1-3H3. The van der Waals surface area contributed by atoms with Crippen LogP contribution in [0.5, 0.6) is 0 Å². The van der Waals surface area contributed by atoms with Gasteiger partial charge in [0.05, 0.1) is 0 Å². The van der Waals surface area contributed by atoms with Crippen molar-refractivity contribution < 1.29 is 0 Å². The molecular weight excluding hydrogens is 288 g/mol. The molecule has 0 radical (unpaired) electrons. The van der Waals surface area contributed by atoms with E-state index in [0.717, 1.165) is 4.60 Å². The summed E-state index contributed by atoms with van der Waals surface area (Å²) in [6.07, 6.45) is 6.56. The third-order valence-electron chi connectivity index (χ3n) is 3.48. The van der Waals surface area contributed by atoms with Crippen LogP contribution in [0.25, 0.3) is 6.08 Å². The Morgan fingerprint density at radius 1 is 1.22 bits per heavy atom. The van der Waals surface area contributed by atoms with E-state index in [0.29, 0.717) is 5.54 Å². The third-order valence-corrected chi connectivity index (χ3v) is 3.94. The van der Waals surface area contributed by atoms with Crippen molar-refractivity contribution in [1.29, 1.82) is 0 Å². The molecule has 18 heavy (non-hydrogen) atoms. The van der Waals surface area contributed by atoms with Gasteiger partial charge in [0.15, 0.2) is 0 Å². The molecule has 0 unspecified atom stereocenters. The average Bonchev–Trinajstić information content (AvgIpc) is 2.32. The van der Waals surface area contributed by atoms with Crippen LogP contribution < -0.4 is 0 Å². The predicted octanol–water partition coefficient (Wildman–Crippen LogP) is 4.12. The van der Waals surface area contributed by atoms with Crippen molar-refractivity contribution in [2.45, 2.75) is 39.2 Å². The van der Waals surface area contributed by atoms with Gasteiger partial charge in [0.2, 0.25) is 0 Å². The van der Waals surface area contributed by atoms with E-state index in [9.17, 15) is 0 Å². The van der Waals surface area contributed by atoms with Crippen LogP contribution in [0.15, 0.2) is 28.5 Å². The molecule has 98 valence electrons. The molecule has 0 atom stereocenters. The third kappa shape index (κ3) is 3.66. The van der Waals surface area contributed by atoms with Crippen LogP contribution in [0.2, 0.25) is 0 Å². The largest absolute Gasteiger partial charge is 0.298 e. The Balaban J connectivity index is 1.99. The summed E-state index contributed by atoms with van der Waals surface area (Å²) < 4.78 is 0.896. The minimum Gasteiger partial charge on any atom is -0.298 e. The lowest BCUT2D eigenvalue weighted by Gasteiger charge is -2.39. The average molecular weight is 309 g/mol. The molecule has 3 heteroatoms. The number of halogens is 1. The van der Waals surface area contributed by atoms with Crippen LogP contribution in [-0.2, 0) is 0 Å². The topological polar surface area (TPSA) is 16.1 Å². The first-order chi connectivity index (χ1) is 8.45. The normalized spacial score (nSPS) is 17.9. The highest BCUT2D eigenvalue weighted by molar-refractivity contribution is 9.10. The first kappa shape index (κ1) is 13.8. The molecule has 1 fully saturated rings. The SMILES string of the molecule is CC(C)(C)N1CCC(=Cc2ccc(Br)nc2)CC1. The summed E-state index contributed by atoms with van der Waals surface area (Å²) in [4.78, 5) is 6.82. The molecule has 1 saturated heterocycles. The van der Waals surface area contributed by atoms with Gasteiger partial charge in [-0.05, 0) is 61.2 Å². The number of nitrogens with zero attached hydrogens (tertiary/aromatic N) is 2. The highest BCUT2D eigenvalue weighted by Gasteiger charge is 2.24. The lowest BCUT2D eigenvalue weighted by atomic mass is 9.96. The number of aromatic nitrogens is 1. The van der Waals surface area contributed by atoms with E-state index < -0.39 is 0 Å². The lowest BCUT2D eigenvalue weighted by Crippen LogP contribution is -2.44. The zero-order valence-corrected chi connectivity index (χ0v) is 13.0. The van der Waals surface area contributed by atoms with Gasteiger partial charge in [0.1, 0.15) is 4.60 Å². The molecule has 2 heterocycles. The lowest BCUT2D eigenvalue weighted by molar-refractivity contribution is 0.126. The highest BCUT2D eigenvalue weighted by atomic mass is 79.9. The van der Waals surface area contributed by atoms with Crippen molar-refractivity contribution in [3.05, 3.63) is 34.1 Å². The second-order valence-electron chi connectivity index (χ2n) is 5.87. The van der Waals surface area contributed by atoms with Gasteiger partial charge in [-0.25, -0.2) is 4.98 Å². The zero-order chi connectivity index (χ0) is 13.2. The second-order valence-corrected chi connectivity index (χ2v) is 6.69. The summed E-state index contributed by atoms with van der Waals surface area (Å²) in [5.74, 6) is 0. The molecular formula is C15H21BrN2. The van der Waals surface area contributed by atoms with E-state index in [1.807, 2.05) is 12.3 Å².